The molecule has 3 nitrogen and oxygen atoms in total. The Morgan fingerprint density at radius 2 is 0.742 bits per heavy atom. The van der Waals surface area contributed by atoms with Crippen molar-refractivity contribution in [2.75, 3.05) is 0 Å². The fourth-order valence-electron chi connectivity index (χ4n) is 9.34. The Labute approximate surface area is 374 Å². The first-order valence-corrected chi connectivity index (χ1v) is 21.1. The summed E-state index contributed by atoms with van der Waals surface area (Å²) in [5.74, 6) is 0. The average Bonchev–Trinajstić information content (AvgIpc) is 3.85. The summed E-state index contributed by atoms with van der Waals surface area (Å²) in [6.07, 6.45) is -10.1. The van der Waals surface area contributed by atoms with Crippen LogP contribution in [0.5, 0.6) is 0 Å². The van der Waals surface area contributed by atoms with Crippen molar-refractivity contribution in [2.45, 2.75) is 12.4 Å². The van der Waals surface area contributed by atoms with E-state index in [9.17, 15) is 31.6 Å². The topological polar surface area (TPSA) is 33.6 Å². The van der Waals surface area contributed by atoms with E-state index in [0.717, 1.165) is 78.0 Å². The second kappa shape index (κ2) is 15.4. The molecule has 0 saturated carbocycles. The molecule has 0 spiro atoms. The maximum atomic E-state index is 14.3. The highest BCUT2D eigenvalue weighted by Crippen LogP contribution is 2.45. The van der Waals surface area contributed by atoms with Gasteiger partial charge in [-0.3, -0.25) is 0 Å². The van der Waals surface area contributed by atoms with Crippen LogP contribution < -0.4 is 0 Å². The Hall–Kier alpha value is -8.35. The number of halogens is 6. The minimum atomic E-state index is -5.04. The van der Waals surface area contributed by atoms with Gasteiger partial charge in [-0.2, -0.15) is 31.6 Å². The highest BCUT2D eigenvalue weighted by atomic mass is 19.4. The van der Waals surface area contributed by atoms with E-state index < -0.39 is 23.5 Å². The average molecular weight is 874 g/mol. The van der Waals surface area contributed by atoms with Crippen LogP contribution in [0.1, 0.15) is 16.7 Å². The molecule has 2 aromatic heterocycles. The van der Waals surface area contributed by atoms with E-state index in [1.165, 1.54) is 0 Å². The van der Waals surface area contributed by atoms with Gasteiger partial charge in [-0.05, 0) is 106 Å². The number of nitriles is 1. The number of nitrogens with zero attached hydrogens (tertiary/aromatic N) is 3. The lowest BCUT2D eigenvalue weighted by Gasteiger charge is -2.20. The molecule has 0 unspecified atom stereocenters. The maximum Gasteiger partial charge on any atom is 0.416 e. The van der Waals surface area contributed by atoms with E-state index in [0.29, 0.717) is 28.1 Å². The third kappa shape index (κ3) is 6.86. The Bertz CT molecular complexity index is 3710. The van der Waals surface area contributed by atoms with Crippen LogP contribution in [-0.4, -0.2) is 9.13 Å². The van der Waals surface area contributed by atoms with Crippen LogP contribution in [0.3, 0.4) is 0 Å². The standard InChI is InChI=1S/C57H33F6N3/c58-56(59,60)42-28-41(29-43(33-42)57(61,62)63)40-20-24-47(55(32-40)66-51-18-10-8-16-45(51)49-31-39(22-26-53(49)66)37-13-5-2-6-14-37)46-23-19-35(34-64)27-54(46)65-50-17-9-7-15-44(50)48-30-38(21-25-52(48)65)36-11-3-1-4-12-36/h1-33H. The number of benzene rings is 9. The lowest BCUT2D eigenvalue weighted by atomic mass is 9.94. The fraction of sp³-hybridized carbons (Fsp3) is 0.0351. The normalized spacial score (nSPS) is 12.1. The molecule has 2 heterocycles. The summed E-state index contributed by atoms with van der Waals surface area (Å²) in [4.78, 5) is 0. The van der Waals surface area contributed by atoms with Gasteiger partial charge in [0.1, 0.15) is 0 Å². The first-order chi connectivity index (χ1) is 31.9. The van der Waals surface area contributed by atoms with Crippen LogP contribution in [0.4, 0.5) is 26.3 Å². The molecular weight excluding hydrogens is 841 g/mol. The van der Waals surface area contributed by atoms with Gasteiger partial charge < -0.3 is 9.13 Å². The largest absolute Gasteiger partial charge is 0.416 e. The number of hydrogen-bond acceptors (Lipinski definition) is 1. The van der Waals surface area contributed by atoms with Crippen molar-refractivity contribution in [3.63, 3.8) is 0 Å². The molecule has 0 aliphatic rings. The van der Waals surface area contributed by atoms with Gasteiger partial charge in [-0.15, -0.1) is 0 Å². The van der Waals surface area contributed by atoms with Crippen molar-refractivity contribution in [3.05, 3.63) is 217 Å². The minimum absolute atomic E-state index is 0.146. The quantitative estimate of drug-likeness (QED) is 0.153. The van der Waals surface area contributed by atoms with Crippen molar-refractivity contribution in [3.8, 4) is 62.0 Å². The van der Waals surface area contributed by atoms with Crippen molar-refractivity contribution in [1.29, 1.82) is 5.26 Å². The van der Waals surface area contributed by atoms with E-state index in [-0.39, 0.29) is 17.2 Å². The van der Waals surface area contributed by atoms with Gasteiger partial charge in [0.25, 0.3) is 0 Å². The zero-order valence-electron chi connectivity index (χ0n) is 34.7. The van der Waals surface area contributed by atoms with Crippen LogP contribution in [0.25, 0.3) is 99.5 Å². The smallest absolute Gasteiger partial charge is 0.309 e. The second-order valence-electron chi connectivity index (χ2n) is 16.3. The first-order valence-electron chi connectivity index (χ1n) is 21.1. The maximum absolute atomic E-state index is 14.3. The molecular formula is C57H33F6N3. The van der Waals surface area contributed by atoms with Crippen molar-refractivity contribution in [1.82, 2.24) is 9.13 Å². The Morgan fingerprint density at radius 1 is 0.333 bits per heavy atom. The second-order valence-corrected chi connectivity index (χ2v) is 16.3. The summed E-state index contributed by atoms with van der Waals surface area (Å²) in [5, 5.41) is 14.1. The van der Waals surface area contributed by atoms with Crippen LogP contribution in [0.2, 0.25) is 0 Å². The molecule has 0 N–H and O–H groups in total. The zero-order valence-corrected chi connectivity index (χ0v) is 34.7. The Balaban J connectivity index is 1.22. The third-order valence-electron chi connectivity index (χ3n) is 12.4. The zero-order chi connectivity index (χ0) is 45.3. The van der Waals surface area contributed by atoms with E-state index in [1.807, 2.05) is 120 Å². The van der Waals surface area contributed by atoms with Gasteiger partial charge in [-0.1, -0.05) is 127 Å². The van der Waals surface area contributed by atoms with Crippen molar-refractivity contribution < 1.29 is 26.3 Å². The molecule has 66 heavy (non-hydrogen) atoms. The molecule has 0 fully saturated rings. The van der Waals surface area contributed by atoms with Crippen LogP contribution >= 0.6 is 0 Å². The molecule has 0 atom stereocenters. The van der Waals surface area contributed by atoms with Crippen LogP contribution in [-0.2, 0) is 12.4 Å². The molecule has 0 amide bonds. The molecule has 0 aliphatic carbocycles. The monoisotopic (exact) mass is 873 g/mol. The van der Waals surface area contributed by atoms with Gasteiger partial charge in [0.15, 0.2) is 0 Å². The summed E-state index contributed by atoms with van der Waals surface area (Å²) in [6, 6.07) is 62.6. The Kier molecular flexibility index (Phi) is 9.45. The van der Waals surface area contributed by atoms with E-state index in [1.54, 1.807) is 24.3 Å². The highest BCUT2D eigenvalue weighted by Gasteiger charge is 2.37. The summed E-state index contributed by atoms with van der Waals surface area (Å²) in [5.41, 5.74) is 7.33. The number of rotatable bonds is 6. The van der Waals surface area contributed by atoms with Gasteiger partial charge >= 0.3 is 12.4 Å². The predicted molar refractivity (Wildman–Crippen MR) is 252 cm³/mol. The van der Waals surface area contributed by atoms with Crippen molar-refractivity contribution in [2.24, 2.45) is 0 Å². The van der Waals surface area contributed by atoms with Gasteiger partial charge in [-0.25, -0.2) is 0 Å². The third-order valence-corrected chi connectivity index (χ3v) is 12.4. The number of fused-ring (bicyclic) bond motifs is 6. The summed E-state index contributed by atoms with van der Waals surface area (Å²) in [7, 11) is 0. The van der Waals surface area contributed by atoms with Crippen molar-refractivity contribution >= 4 is 43.6 Å². The molecule has 318 valence electrons. The van der Waals surface area contributed by atoms with E-state index >= 15 is 0 Å². The lowest BCUT2D eigenvalue weighted by molar-refractivity contribution is -0.143. The van der Waals surface area contributed by atoms with E-state index in [2.05, 4.69) is 53.1 Å². The lowest BCUT2D eigenvalue weighted by Crippen LogP contribution is -2.11. The predicted octanol–water partition coefficient (Wildman–Crippen LogP) is 16.5. The number of para-hydroxylation sites is 2. The fourth-order valence-corrected chi connectivity index (χ4v) is 9.34. The summed E-state index contributed by atoms with van der Waals surface area (Å²) >= 11 is 0. The van der Waals surface area contributed by atoms with E-state index in [4.69, 9.17) is 0 Å². The molecule has 11 rings (SSSR count). The van der Waals surface area contributed by atoms with Gasteiger partial charge in [0.05, 0.1) is 56.2 Å². The Morgan fingerprint density at radius 3 is 1.23 bits per heavy atom. The molecule has 0 saturated heterocycles. The molecule has 0 bridgehead atoms. The van der Waals surface area contributed by atoms with Gasteiger partial charge in [0, 0.05) is 32.7 Å². The first kappa shape index (κ1) is 40.4. The minimum Gasteiger partial charge on any atom is -0.309 e. The molecule has 9 heteroatoms. The molecule has 0 radical (unpaired) electrons. The molecule has 11 aromatic rings. The highest BCUT2D eigenvalue weighted by molar-refractivity contribution is 6.13. The van der Waals surface area contributed by atoms with Crippen LogP contribution in [0.15, 0.2) is 200 Å². The molecule has 9 aromatic carbocycles. The van der Waals surface area contributed by atoms with Gasteiger partial charge in [0.2, 0.25) is 0 Å². The molecule has 0 aliphatic heterocycles. The number of aromatic nitrogens is 2. The summed E-state index contributed by atoms with van der Waals surface area (Å²) < 4.78 is 90.1. The summed E-state index contributed by atoms with van der Waals surface area (Å²) in [6.45, 7) is 0. The SMILES string of the molecule is N#Cc1ccc(-c2ccc(-c3cc(C(F)(F)F)cc(C(F)(F)F)c3)cc2-n2c3ccccc3c3cc(-c4ccccc4)ccc32)c(-n2c3ccccc3c3cc(-c4ccccc4)ccc32)c1. The van der Waals surface area contributed by atoms with Crippen LogP contribution in [0, 0.1) is 11.3 Å². The number of alkyl halides is 6. The number of hydrogen-bond donors (Lipinski definition) is 0.